The molecule has 0 spiro atoms. The van der Waals surface area contributed by atoms with Crippen LogP contribution in [0, 0.1) is 12.8 Å². The van der Waals surface area contributed by atoms with Crippen LogP contribution in [0.4, 0.5) is 9.59 Å². The van der Waals surface area contributed by atoms with Gasteiger partial charge in [-0.1, -0.05) is 86.1 Å². The number of fused-ring (bicyclic) bond motifs is 1. The lowest BCUT2D eigenvalue weighted by atomic mass is 9.98. The number of H-pyrrole nitrogens is 2. The average molecular weight is 807 g/mol. The maximum atomic E-state index is 13.4. The van der Waals surface area contributed by atoms with Crippen LogP contribution in [0.5, 0.6) is 0 Å². The Bertz CT molecular complexity index is 2560. The number of rotatable bonds is 11. The summed E-state index contributed by atoms with van der Waals surface area (Å²) in [5.41, 5.74) is 8.72. The van der Waals surface area contributed by atoms with Crippen molar-refractivity contribution in [1.29, 1.82) is 0 Å². The molecule has 3 amide bonds. The van der Waals surface area contributed by atoms with Crippen molar-refractivity contribution in [3.05, 3.63) is 126 Å². The minimum absolute atomic E-state index is 0.0337. The van der Waals surface area contributed by atoms with Gasteiger partial charge >= 0.3 is 12.2 Å². The van der Waals surface area contributed by atoms with Crippen molar-refractivity contribution < 1.29 is 24.2 Å². The summed E-state index contributed by atoms with van der Waals surface area (Å²) in [7, 11) is 1.36. The lowest BCUT2D eigenvalue weighted by molar-refractivity contribution is -0.135. The Morgan fingerprint density at radius 2 is 1.42 bits per heavy atom. The van der Waals surface area contributed by atoms with Crippen molar-refractivity contribution in [3.63, 3.8) is 0 Å². The number of aromatic nitrogens is 4. The Balaban J connectivity index is 0.952. The topological polar surface area (TPSA) is 169 Å². The molecule has 13 nitrogen and oxygen atoms in total. The number of hydrogen-bond acceptors (Lipinski definition) is 7. The number of aryl methyl sites for hydroxylation is 1. The van der Waals surface area contributed by atoms with E-state index in [1.807, 2.05) is 57.4 Å². The molecule has 0 saturated carbocycles. The first kappa shape index (κ1) is 39.9. The van der Waals surface area contributed by atoms with Gasteiger partial charge in [-0.2, -0.15) is 0 Å². The zero-order valence-electron chi connectivity index (χ0n) is 34.2. The van der Waals surface area contributed by atoms with Gasteiger partial charge in [-0.3, -0.25) is 10.1 Å². The number of nitrogens with one attached hydrogen (secondary N) is 4. The molecule has 2 fully saturated rings. The highest BCUT2D eigenvalue weighted by atomic mass is 16.5. The summed E-state index contributed by atoms with van der Waals surface area (Å²) < 4.78 is 4.92. The van der Waals surface area contributed by atoms with Gasteiger partial charge in [-0.05, 0) is 89.8 Å². The number of benzene rings is 4. The van der Waals surface area contributed by atoms with Gasteiger partial charge in [0.1, 0.15) is 17.7 Å². The summed E-state index contributed by atoms with van der Waals surface area (Å²) >= 11 is 0. The largest absolute Gasteiger partial charge is 0.465 e. The molecule has 4 heterocycles. The number of ether oxygens (including phenoxy) is 1. The molecular weight excluding hydrogens is 757 g/mol. The third-order valence-corrected chi connectivity index (χ3v) is 11.6. The molecule has 308 valence electrons. The molecule has 5 N–H and O–H groups in total. The number of carboxylic acid groups (broad SMARTS) is 1. The van der Waals surface area contributed by atoms with Crippen LogP contribution in [0.3, 0.4) is 0 Å². The third kappa shape index (κ3) is 8.47. The van der Waals surface area contributed by atoms with E-state index in [2.05, 4.69) is 91.1 Å². The Hall–Kier alpha value is -6.89. The molecule has 0 aliphatic carbocycles. The number of aromatic amines is 2. The van der Waals surface area contributed by atoms with Gasteiger partial charge < -0.3 is 34.9 Å². The van der Waals surface area contributed by atoms with Gasteiger partial charge in [0.15, 0.2) is 0 Å². The first-order chi connectivity index (χ1) is 29.0. The van der Waals surface area contributed by atoms with Crippen molar-refractivity contribution in [1.82, 2.24) is 40.4 Å². The zero-order valence-corrected chi connectivity index (χ0v) is 34.2. The number of hydrogen-bond donors (Lipinski definition) is 5. The molecular formula is C47H50N8O5. The number of nitrogens with zero attached hydrogens (tertiary/aromatic N) is 4. The monoisotopic (exact) mass is 806 g/mol. The van der Waals surface area contributed by atoms with E-state index in [9.17, 15) is 19.5 Å². The Labute approximate surface area is 348 Å². The predicted octanol–water partition coefficient (Wildman–Crippen LogP) is 9.04. The smallest absolute Gasteiger partial charge is 0.411 e. The fourth-order valence-corrected chi connectivity index (χ4v) is 8.44. The van der Waals surface area contributed by atoms with Gasteiger partial charge in [0, 0.05) is 24.9 Å². The first-order valence-corrected chi connectivity index (χ1v) is 20.5. The van der Waals surface area contributed by atoms with Gasteiger partial charge in [0.05, 0.1) is 48.7 Å². The molecule has 13 heteroatoms. The number of carbonyl (C=O) groups excluding carboxylic acids is 2. The van der Waals surface area contributed by atoms with Crippen molar-refractivity contribution in [2.24, 2.45) is 5.92 Å². The molecule has 60 heavy (non-hydrogen) atoms. The van der Waals surface area contributed by atoms with Gasteiger partial charge in [-0.15, -0.1) is 0 Å². The lowest BCUT2D eigenvalue weighted by Gasteiger charge is -2.29. The summed E-state index contributed by atoms with van der Waals surface area (Å²) in [6.07, 6.45) is 7.49. The second-order valence-corrected chi connectivity index (χ2v) is 16.0. The van der Waals surface area contributed by atoms with Gasteiger partial charge in [0.25, 0.3) is 0 Å². The van der Waals surface area contributed by atoms with E-state index >= 15 is 0 Å². The highest BCUT2D eigenvalue weighted by Gasteiger charge is 2.37. The third-order valence-electron chi connectivity index (χ3n) is 11.6. The van der Waals surface area contributed by atoms with E-state index in [0.29, 0.717) is 18.1 Å². The predicted molar refractivity (Wildman–Crippen MR) is 231 cm³/mol. The molecule has 2 saturated heterocycles. The van der Waals surface area contributed by atoms with Crippen LogP contribution < -0.4 is 10.6 Å². The number of carbonyl (C=O) groups is 3. The molecule has 0 bridgehead atoms. The highest BCUT2D eigenvalue weighted by Crippen LogP contribution is 2.36. The standard InChI is InChI=1S/C47H50N8O5/c1-28(2)42(53-46(57)58)45(56)55-21-7-11-41(55)44-49-26-38(51-44)36-19-18-33-23-32(16-17-34(33)24-36)30-12-14-31(15-13-30)37-25-48-43(50-37)40-10-6-20-54(40)27-39(52-47(59)60-4)35-9-5-8-29(3)22-35/h5,8-9,12-19,22-28,40-42,53H,6-7,10-11,20-21H2,1-4H3,(H,48,50)(H,49,51)(H,52,59)(H,57,58). The molecule has 2 aliphatic heterocycles. The van der Waals surface area contributed by atoms with E-state index in [0.717, 1.165) is 93.6 Å². The summed E-state index contributed by atoms with van der Waals surface area (Å²) in [6, 6.07) is 28.3. The van der Waals surface area contributed by atoms with E-state index in [1.54, 1.807) is 11.1 Å². The Morgan fingerprint density at radius 3 is 2.10 bits per heavy atom. The molecule has 8 rings (SSSR count). The van der Waals surface area contributed by atoms with Crippen LogP contribution in [0.25, 0.3) is 50.1 Å². The fourth-order valence-electron chi connectivity index (χ4n) is 8.44. The minimum Gasteiger partial charge on any atom is -0.465 e. The van der Waals surface area contributed by atoms with Crippen LogP contribution in [0.1, 0.15) is 74.4 Å². The Kier molecular flexibility index (Phi) is 11.4. The van der Waals surface area contributed by atoms with Crippen molar-refractivity contribution in [2.45, 2.75) is 64.6 Å². The van der Waals surface area contributed by atoms with Crippen LogP contribution in [-0.2, 0) is 9.53 Å². The normalized spacial score (nSPS) is 17.3. The Morgan fingerprint density at radius 1 is 0.800 bits per heavy atom. The maximum absolute atomic E-state index is 13.4. The van der Waals surface area contributed by atoms with E-state index < -0.39 is 18.2 Å². The van der Waals surface area contributed by atoms with E-state index in [-0.39, 0.29) is 23.9 Å². The maximum Gasteiger partial charge on any atom is 0.411 e. The van der Waals surface area contributed by atoms with Crippen molar-refractivity contribution >= 4 is 34.6 Å². The average Bonchev–Trinajstić information content (AvgIpc) is 4.09. The quantitative estimate of drug-likeness (QED) is 0.0864. The SMILES string of the molecule is COC(=O)NC(=CN1CCCC1c1ncc(-c2ccc(-c3ccc4cc(-c5cnc(C6CCCN6C(=O)C(NC(=O)O)C(C)C)[nH]5)ccc4c3)cc2)[nH]1)c1cccc(C)c1. The molecule has 2 aromatic heterocycles. The molecule has 3 atom stereocenters. The highest BCUT2D eigenvalue weighted by molar-refractivity contribution is 5.91. The summed E-state index contributed by atoms with van der Waals surface area (Å²) in [5, 5.41) is 16.8. The molecule has 3 unspecified atom stereocenters. The van der Waals surface area contributed by atoms with Crippen LogP contribution in [-0.4, -0.2) is 79.2 Å². The fraction of sp³-hybridized carbons (Fsp3) is 0.298. The van der Waals surface area contributed by atoms with Gasteiger partial charge in [-0.25, -0.2) is 19.6 Å². The number of amides is 3. The lowest BCUT2D eigenvalue weighted by Crippen LogP contribution is -2.50. The van der Waals surface area contributed by atoms with Crippen LogP contribution in [0.15, 0.2) is 104 Å². The summed E-state index contributed by atoms with van der Waals surface area (Å²) in [4.78, 5) is 57.6. The van der Waals surface area contributed by atoms with E-state index in [4.69, 9.17) is 9.72 Å². The van der Waals surface area contributed by atoms with E-state index in [1.165, 1.54) is 7.11 Å². The van der Waals surface area contributed by atoms with Crippen molar-refractivity contribution in [3.8, 4) is 33.6 Å². The number of imidazole rings is 2. The first-order valence-electron chi connectivity index (χ1n) is 20.5. The summed E-state index contributed by atoms with van der Waals surface area (Å²) in [5.74, 6) is 1.18. The zero-order chi connectivity index (χ0) is 41.9. The summed E-state index contributed by atoms with van der Waals surface area (Å²) in [6.45, 7) is 7.10. The molecule has 0 radical (unpaired) electrons. The minimum atomic E-state index is -1.21. The van der Waals surface area contributed by atoms with Gasteiger partial charge in [0.2, 0.25) is 5.91 Å². The van der Waals surface area contributed by atoms with Crippen LogP contribution in [0.2, 0.25) is 0 Å². The number of methoxy groups -OCH3 is 1. The molecule has 4 aromatic carbocycles. The molecule has 6 aromatic rings. The second kappa shape index (κ2) is 17.1. The second-order valence-electron chi connectivity index (χ2n) is 16.0. The number of alkyl carbamates (subject to hydrolysis) is 1. The van der Waals surface area contributed by atoms with Crippen LogP contribution >= 0.6 is 0 Å². The number of likely N-dealkylation sites (tertiary alicyclic amines) is 2. The molecule has 2 aliphatic rings. The van der Waals surface area contributed by atoms with Crippen molar-refractivity contribution in [2.75, 3.05) is 20.2 Å².